The highest BCUT2D eigenvalue weighted by Gasteiger charge is 2.39. The normalized spacial score (nSPS) is 21.9. The Bertz CT molecular complexity index is 1270. The van der Waals surface area contributed by atoms with Crippen molar-refractivity contribution in [2.24, 2.45) is 14.1 Å². The van der Waals surface area contributed by atoms with E-state index < -0.39 is 0 Å². The van der Waals surface area contributed by atoms with Crippen LogP contribution in [0.15, 0.2) is 55.2 Å². The number of benzene rings is 1. The molecule has 32 heavy (non-hydrogen) atoms. The topological polar surface area (TPSA) is 85.5 Å². The Balaban J connectivity index is 1.38. The molecule has 2 N–H and O–H groups in total. The van der Waals surface area contributed by atoms with Crippen molar-refractivity contribution in [1.82, 2.24) is 34.8 Å². The molecule has 162 valence electrons. The van der Waals surface area contributed by atoms with E-state index in [0.29, 0.717) is 23.9 Å². The first-order valence-electron chi connectivity index (χ1n) is 11.1. The van der Waals surface area contributed by atoms with E-state index in [1.165, 1.54) is 12.8 Å². The highest BCUT2D eigenvalue weighted by Crippen LogP contribution is 2.34. The fraction of sp³-hybridized carbons (Fsp3) is 0.333. The van der Waals surface area contributed by atoms with Crippen LogP contribution < -0.4 is 10.6 Å². The summed E-state index contributed by atoms with van der Waals surface area (Å²) in [6.07, 6.45) is 13.3. The summed E-state index contributed by atoms with van der Waals surface area (Å²) in [4.78, 5) is 9.74. The van der Waals surface area contributed by atoms with Crippen molar-refractivity contribution in [1.29, 1.82) is 0 Å². The molecule has 4 aromatic rings. The van der Waals surface area contributed by atoms with Crippen LogP contribution in [-0.4, -0.2) is 47.7 Å². The van der Waals surface area contributed by atoms with Crippen LogP contribution >= 0.6 is 0 Å². The molecule has 3 aromatic heterocycles. The van der Waals surface area contributed by atoms with E-state index in [4.69, 9.17) is 9.97 Å². The predicted molar refractivity (Wildman–Crippen MR) is 124 cm³/mol. The Morgan fingerprint density at radius 3 is 2.41 bits per heavy atom. The molecule has 0 saturated carbocycles. The molecule has 8 nitrogen and oxygen atoms in total. The predicted octanol–water partition coefficient (Wildman–Crippen LogP) is 3.25. The van der Waals surface area contributed by atoms with Crippen LogP contribution in [-0.2, 0) is 14.1 Å². The lowest BCUT2D eigenvalue weighted by atomic mass is 9.95. The zero-order chi connectivity index (χ0) is 21.7. The third-order valence-corrected chi connectivity index (χ3v) is 6.59. The Morgan fingerprint density at radius 2 is 1.72 bits per heavy atom. The quantitative estimate of drug-likeness (QED) is 0.510. The molecule has 5 heterocycles. The van der Waals surface area contributed by atoms with Gasteiger partial charge in [-0.05, 0) is 30.9 Å². The smallest absolute Gasteiger partial charge is 0.161 e. The Hall–Kier alpha value is -3.52. The number of rotatable bonds is 5. The highest BCUT2D eigenvalue weighted by atomic mass is 15.2. The van der Waals surface area contributed by atoms with Crippen LogP contribution in [0.5, 0.6) is 0 Å². The van der Waals surface area contributed by atoms with Gasteiger partial charge in [0, 0.05) is 73.1 Å². The van der Waals surface area contributed by atoms with Crippen molar-refractivity contribution in [2.75, 3.05) is 5.32 Å². The second kappa shape index (κ2) is 7.56. The van der Waals surface area contributed by atoms with Crippen molar-refractivity contribution in [2.45, 2.75) is 37.4 Å². The lowest BCUT2D eigenvalue weighted by Crippen LogP contribution is -2.33. The minimum absolute atomic E-state index is 0.383. The molecule has 0 aliphatic carbocycles. The molecule has 0 amide bonds. The standard InChI is InChI=1S/C24H26N8/c1-31-13-17(10-26-31)15-4-3-5-16(8-15)23-25-12-20(18-11-27-32(2)14-18)24(30-23)29-22-9-19-6-7-21(22)28-19/h3-5,8,10-14,19,21-22,28H,6-7,9H2,1-2H3,(H,25,29,30). The molecule has 2 fully saturated rings. The van der Waals surface area contributed by atoms with Crippen LogP contribution in [0.4, 0.5) is 5.82 Å². The first kappa shape index (κ1) is 19.2. The van der Waals surface area contributed by atoms with Gasteiger partial charge in [-0.3, -0.25) is 9.36 Å². The maximum Gasteiger partial charge on any atom is 0.161 e. The first-order chi connectivity index (χ1) is 15.6. The minimum Gasteiger partial charge on any atom is -0.365 e. The molecule has 8 heteroatoms. The van der Waals surface area contributed by atoms with Gasteiger partial charge >= 0.3 is 0 Å². The third-order valence-electron chi connectivity index (χ3n) is 6.59. The molecule has 2 bridgehead atoms. The van der Waals surface area contributed by atoms with Gasteiger partial charge in [0.25, 0.3) is 0 Å². The van der Waals surface area contributed by atoms with E-state index in [1.807, 2.05) is 60.5 Å². The fourth-order valence-corrected chi connectivity index (χ4v) is 4.97. The second-order valence-electron chi connectivity index (χ2n) is 8.88. The van der Waals surface area contributed by atoms with Gasteiger partial charge in [0.1, 0.15) is 5.82 Å². The zero-order valence-electron chi connectivity index (χ0n) is 18.2. The van der Waals surface area contributed by atoms with Crippen LogP contribution in [0.2, 0.25) is 0 Å². The maximum atomic E-state index is 5.01. The third kappa shape index (κ3) is 3.46. The number of anilines is 1. The monoisotopic (exact) mass is 426 g/mol. The molecule has 2 aliphatic heterocycles. The van der Waals surface area contributed by atoms with Crippen LogP contribution in [0.3, 0.4) is 0 Å². The van der Waals surface area contributed by atoms with E-state index in [-0.39, 0.29) is 0 Å². The molecule has 2 aliphatic rings. The van der Waals surface area contributed by atoms with Crippen molar-refractivity contribution in [3.8, 4) is 33.6 Å². The largest absolute Gasteiger partial charge is 0.365 e. The Morgan fingerprint density at radius 1 is 0.938 bits per heavy atom. The molecule has 0 spiro atoms. The van der Waals surface area contributed by atoms with Crippen LogP contribution in [0.25, 0.3) is 33.6 Å². The summed E-state index contributed by atoms with van der Waals surface area (Å²) < 4.78 is 3.62. The molecule has 6 rings (SSSR count). The zero-order valence-corrected chi connectivity index (χ0v) is 18.2. The number of hydrogen-bond donors (Lipinski definition) is 2. The summed E-state index contributed by atoms with van der Waals surface area (Å²) in [7, 11) is 3.85. The summed E-state index contributed by atoms with van der Waals surface area (Å²) in [6.45, 7) is 0. The summed E-state index contributed by atoms with van der Waals surface area (Å²) >= 11 is 0. The van der Waals surface area contributed by atoms with Gasteiger partial charge in [0.05, 0.1) is 12.4 Å². The average molecular weight is 427 g/mol. The molecule has 1 aromatic carbocycles. The lowest BCUT2D eigenvalue weighted by Gasteiger charge is -2.23. The Labute approximate surface area is 186 Å². The van der Waals surface area contributed by atoms with Crippen LogP contribution in [0, 0.1) is 0 Å². The Kier molecular flexibility index (Phi) is 4.53. The fourth-order valence-electron chi connectivity index (χ4n) is 4.97. The van der Waals surface area contributed by atoms with Crippen molar-refractivity contribution < 1.29 is 0 Å². The SMILES string of the molecule is Cn1cc(-c2cccc(-c3ncc(-c4cnn(C)c4)c(NC4CC5CCC4N5)n3)c2)cn1. The lowest BCUT2D eigenvalue weighted by molar-refractivity contribution is 0.526. The van der Waals surface area contributed by atoms with Gasteiger partial charge in [-0.2, -0.15) is 10.2 Å². The summed E-state index contributed by atoms with van der Waals surface area (Å²) in [5.41, 5.74) is 5.16. The average Bonchev–Trinajstić information content (AvgIpc) is 3.60. The van der Waals surface area contributed by atoms with Gasteiger partial charge in [-0.25, -0.2) is 9.97 Å². The van der Waals surface area contributed by atoms with E-state index in [0.717, 1.165) is 40.1 Å². The van der Waals surface area contributed by atoms with Gasteiger partial charge in [-0.15, -0.1) is 0 Å². The summed E-state index contributed by atoms with van der Waals surface area (Å²) in [5, 5.41) is 16.1. The second-order valence-corrected chi connectivity index (χ2v) is 8.88. The van der Waals surface area contributed by atoms with Crippen molar-refractivity contribution in [3.63, 3.8) is 0 Å². The van der Waals surface area contributed by atoms with Crippen molar-refractivity contribution >= 4 is 5.82 Å². The highest BCUT2D eigenvalue weighted by molar-refractivity contribution is 5.77. The molecule has 3 atom stereocenters. The first-order valence-corrected chi connectivity index (χ1v) is 11.1. The van der Waals surface area contributed by atoms with Crippen molar-refractivity contribution in [3.05, 3.63) is 55.2 Å². The summed E-state index contributed by atoms with van der Waals surface area (Å²) in [5.74, 6) is 1.58. The van der Waals surface area contributed by atoms with Gasteiger partial charge in [-0.1, -0.05) is 18.2 Å². The van der Waals surface area contributed by atoms with E-state index in [2.05, 4.69) is 39.0 Å². The number of aryl methyl sites for hydroxylation is 2. The summed E-state index contributed by atoms with van der Waals surface area (Å²) in [6, 6.07) is 9.83. The molecule has 2 saturated heterocycles. The van der Waals surface area contributed by atoms with Gasteiger partial charge in [0.15, 0.2) is 5.82 Å². The van der Waals surface area contributed by atoms with Crippen LogP contribution in [0.1, 0.15) is 19.3 Å². The molecular formula is C24H26N8. The molecule has 3 unspecified atom stereocenters. The minimum atomic E-state index is 0.383. The van der Waals surface area contributed by atoms with E-state index in [9.17, 15) is 0 Å². The van der Waals surface area contributed by atoms with E-state index >= 15 is 0 Å². The number of fused-ring (bicyclic) bond motifs is 2. The number of nitrogens with one attached hydrogen (secondary N) is 2. The van der Waals surface area contributed by atoms with E-state index in [1.54, 1.807) is 0 Å². The van der Waals surface area contributed by atoms with Gasteiger partial charge in [0.2, 0.25) is 0 Å². The molecule has 0 radical (unpaired) electrons. The maximum absolute atomic E-state index is 5.01. The number of aromatic nitrogens is 6. The number of nitrogens with zero attached hydrogens (tertiary/aromatic N) is 6. The molecular weight excluding hydrogens is 400 g/mol. The van der Waals surface area contributed by atoms with Gasteiger partial charge < -0.3 is 10.6 Å². The number of hydrogen-bond acceptors (Lipinski definition) is 6.